The third-order valence-corrected chi connectivity index (χ3v) is 6.43. The molecular formula is C20H19F3N4O2S. The number of benzene rings is 1. The fourth-order valence-corrected chi connectivity index (χ4v) is 4.65. The van der Waals surface area contributed by atoms with Gasteiger partial charge < -0.3 is 9.84 Å². The molecule has 3 aromatic rings. The van der Waals surface area contributed by atoms with Crippen molar-refractivity contribution in [2.24, 2.45) is 0 Å². The van der Waals surface area contributed by atoms with E-state index in [1.165, 1.54) is 12.1 Å². The second kappa shape index (κ2) is 7.50. The molecule has 0 unspecified atom stereocenters. The maximum Gasteiger partial charge on any atom is 0.416 e. The number of hydrogen-bond donors (Lipinski definition) is 1. The quantitative estimate of drug-likeness (QED) is 0.621. The van der Waals surface area contributed by atoms with Crippen molar-refractivity contribution < 1.29 is 22.5 Å². The third-order valence-electron chi connectivity index (χ3n) is 5.23. The van der Waals surface area contributed by atoms with E-state index in [0.717, 1.165) is 36.3 Å². The summed E-state index contributed by atoms with van der Waals surface area (Å²) in [6, 6.07) is 4.75. The van der Waals surface area contributed by atoms with Gasteiger partial charge in [0.2, 0.25) is 5.89 Å². The zero-order valence-corrected chi connectivity index (χ0v) is 17.2. The number of alkyl halides is 3. The number of aromatic nitrogens is 3. The van der Waals surface area contributed by atoms with Crippen molar-refractivity contribution in [3.05, 3.63) is 52.1 Å². The van der Waals surface area contributed by atoms with Gasteiger partial charge in [-0.25, -0.2) is 4.98 Å². The number of aryl methyl sites for hydroxylation is 2. The summed E-state index contributed by atoms with van der Waals surface area (Å²) in [6.07, 6.45) is -1.10. The molecule has 1 aromatic carbocycles. The molecule has 0 atom stereocenters. The van der Waals surface area contributed by atoms with E-state index >= 15 is 0 Å². The van der Waals surface area contributed by atoms with Crippen LogP contribution < -0.4 is 5.32 Å². The number of carbonyl (C=O) groups excluding carboxylic acids is 1. The summed E-state index contributed by atoms with van der Waals surface area (Å²) in [5.74, 6) is 0.604. The van der Waals surface area contributed by atoms with Gasteiger partial charge in [0.1, 0.15) is 15.4 Å². The molecule has 1 saturated carbocycles. The van der Waals surface area contributed by atoms with Crippen LogP contribution in [-0.2, 0) is 11.7 Å². The molecule has 1 aliphatic rings. The Morgan fingerprint density at radius 3 is 2.37 bits per heavy atom. The van der Waals surface area contributed by atoms with Gasteiger partial charge in [-0.15, -0.1) is 11.3 Å². The monoisotopic (exact) mass is 436 g/mol. The lowest BCUT2D eigenvalue weighted by molar-refractivity contribution is -0.137. The maximum absolute atomic E-state index is 13.1. The Bertz CT molecular complexity index is 1070. The first-order valence-corrected chi connectivity index (χ1v) is 10.3. The third kappa shape index (κ3) is 3.83. The van der Waals surface area contributed by atoms with Gasteiger partial charge in [-0.2, -0.15) is 18.2 Å². The van der Waals surface area contributed by atoms with Crippen molar-refractivity contribution in [1.29, 1.82) is 0 Å². The molecule has 0 aliphatic heterocycles. The smallest absolute Gasteiger partial charge is 0.340 e. The van der Waals surface area contributed by atoms with Crippen molar-refractivity contribution in [1.82, 2.24) is 20.4 Å². The normalized spacial score (nSPS) is 16.0. The minimum Gasteiger partial charge on any atom is -0.340 e. The van der Waals surface area contributed by atoms with Crippen LogP contribution in [0.25, 0.3) is 10.6 Å². The Balaban J connectivity index is 1.59. The fourth-order valence-electron chi connectivity index (χ4n) is 3.68. The number of carbonyl (C=O) groups is 1. The lowest BCUT2D eigenvalue weighted by Crippen LogP contribution is -2.44. The number of amides is 1. The number of nitrogens with one attached hydrogen (secondary N) is 1. The predicted octanol–water partition coefficient (Wildman–Crippen LogP) is 5.03. The molecule has 0 radical (unpaired) electrons. The van der Waals surface area contributed by atoms with Crippen LogP contribution in [-0.4, -0.2) is 21.0 Å². The van der Waals surface area contributed by atoms with Crippen LogP contribution in [0.3, 0.4) is 0 Å². The van der Waals surface area contributed by atoms with Crippen LogP contribution in [0, 0.1) is 13.8 Å². The van der Waals surface area contributed by atoms with E-state index < -0.39 is 17.3 Å². The number of rotatable bonds is 4. The number of halogens is 3. The second-order valence-electron chi connectivity index (χ2n) is 7.39. The summed E-state index contributed by atoms with van der Waals surface area (Å²) in [6.45, 7) is 3.41. The summed E-state index contributed by atoms with van der Waals surface area (Å²) < 4.78 is 43.5. The van der Waals surface area contributed by atoms with Gasteiger partial charge in [0.25, 0.3) is 5.91 Å². The van der Waals surface area contributed by atoms with Crippen LogP contribution in [0.2, 0.25) is 0 Å². The van der Waals surface area contributed by atoms with E-state index in [2.05, 4.69) is 20.4 Å². The van der Waals surface area contributed by atoms with Crippen LogP contribution in [0.4, 0.5) is 13.2 Å². The first kappa shape index (κ1) is 20.5. The van der Waals surface area contributed by atoms with Crippen molar-refractivity contribution in [3.8, 4) is 10.6 Å². The first-order chi connectivity index (χ1) is 14.2. The minimum absolute atomic E-state index is 0.299. The Labute approximate surface area is 174 Å². The Hall–Kier alpha value is -2.75. The standard InChI is InChI=1S/C20H19F3N4O2S/c1-11-15(30-17(24-11)13-5-7-14(8-6-13)20(21,22)23)16(28)26-19(9-3-4-10-19)18-25-12(2)29-27-18/h5-8H,3-4,9-10H2,1-2H3,(H,26,28). The van der Waals surface area contributed by atoms with Gasteiger partial charge in [0.15, 0.2) is 5.82 Å². The Morgan fingerprint density at radius 1 is 1.13 bits per heavy atom. The number of hydrogen-bond acceptors (Lipinski definition) is 6. The summed E-state index contributed by atoms with van der Waals surface area (Å²) in [5.41, 5.74) is -0.361. The molecule has 1 N–H and O–H groups in total. The van der Waals surface area contributed by atoms with E-state index in [1.807, 2.05) is 0 Å². The first-order valence-electron chi connectivity index (χ1n) is 9.46. The molecule has 0 bridgehead atoms. The largest absolute Gasteiger partial charge is 0.416 e. The minimum atomic E-state index is -4.40. The van der Waals surface area contributed by atoms with Gasteiger partial charge in [0.05, 0.1) is 11.3 Å². The second-order valence-corrected chi connectivity index (χ2v) is 8.39. The molecule has 4 rings (SSSR count). The van der Waals surface area contributed by atoms with E-state index in [9.17, 15) is 18.0 Å². The maximum atomic E-state index is 13.1. The van der Waals surface area contributed by atoms with Gasteiger partial charge in [-0.3, -0.25) is 4.79 Å². The van der Waals surface area contributed by atoms with Crippen molar-refractivity contribution >= 4 is 17.2 Å². The van der Waals surface area contributed by atoms with E-state index in [0.29, 0.717) is 45.7 Å². The molecule has 0 saturated heterocycles. The van der Waals surface area contributed by atoms with Crippen LogP contribution in [0.1, 0.15) is 58.3 Å². The molecule has 1 fully saturated rings. The fraction of sp³-hybridized carbons (Fsp3) is 0.400. The summed E-state index contributed by atoms with van der Waals surface area (Å²) >= 11 is 1.15. The van der Waals surface area contributed by atoms with Crippen molar-refractivity contribution in [3.63, 3.8) is 0 Å². The SMILES string of the molecule is Cc1nc(C2(NC(=O)c3sc(-c4ccc(C(F)(F)F)cc4)nc3C)CCCC2)no1. The summed E-state index contributed by atoms with van der Waals surface area (Å²) in [4.78, 5) is 22.2. The summed E-state index contributed by atoms with van der Waals surface area (Å²) in [5, 5.41) is 7.57. The average molecular weight is 436 g/mol. The lowest BCUT2D eigenvalue weighted by atomic mass is 9.96. The molecule has 30 heavy (non-hydrogen) atoms. The molecule has 158 valence electrons. The highest BCUT2D eigenvalue weighted by Gasteiger charge is 2.42. The lowest BCUT2D eigenvalue weighted by Gasteiger charge is -2.26. The van der Waals surface area contributed by atoms with Crippen molar-refractivity contribution in [2.75, 3.05) is 0 Å². The van der Waals surface area contributed by atoms with Crippen LogP contribution >= 0.6 is 11.3 Å². The molecule has 1 amide bonds. The average Bonchev–Trinajstić information content (AvgIpc) is 3.42. The van der Waals surface area contributed by atoms with Gasteiger partial charge in [-0.1, -0.05) is 30.1 Å². The number of thiazole rings is 1. The molecule has 2 aromatic heterocycles. The van der Waals surface area contributed by atoms with Crippen LogP contribution in [0.15, 0.2) is 28.8 Å². The molecule has 1 aliphatic carbocycles. The zero-order chi connectivity index (χ0) is 21.5. The van der Waals surface area contributed by atoms with Crippen molar-refractivity contribution in [2.45, 2.75) is 51.2 Å². The molecule has 10 heteroatoms. The van der Waals surface area contributed by atoms with Gasteiger partial charge in [0, 0.05) is 12.5 Å². The zero-order valence-electron chi connectivity index (χ0n) is 16.3. The Morgan fingerprint density at radius 2 is 1.80 bits per heavy atom. The Kier molecular flexibility index (Phi) is 5.13. The van der Waals surface area contributed by atoms with E-state index in [4.69, 9.17) is 4.52 Å². The van der Waals surface area contributed by atoms with Gasteiger partial charge >= 0.3 is 6.18 Å². The highest BCUT2D eigenvalue weighted by Crippen LogP contribution is 2.38. The predicted molar refractivity (Wildman–Crippen MR) is 104 cm³/mol. The highest BCUT2D eigenvalue weighted by molar-refractivity contribution is 7.17. The summed E-state index contributed by atoms with van der Waals surface area (Å²) in [7, 11) is 0. The molecule has 0 spiro atoms. The highest BCUT2D eigenvalue weighted by atomic mass is 32.1. The van der Waals surface area contributed by atoms with Crippen LogP contribution in [0.5, 0.6) is 0 Å². The van der Waals surface area contributed by atoms with Gasteiger partial charge in [-0.05, 0) is 31.9 Å². The molecule has 6 nitrogen and oxygen atoms in total. The number of nitrogens with zero attached hydrogens (tertiary/aromatic N) is 3. The van der Waals surface area contributed by atoms with E-state index in [-0.39, 0.29) is 5.91 Å². The topological polar surface area (TPSA) is 80.9 Å². The molecular weight excluding hydrogens is 417 g/mol. The molecule has 2 heterocycles. The van der Waals surface area contributed by atoms with E-state index in [1.54, 1.807) is 13.8 Å².